The Hall–Kier alpha value is -2.68. The van der Waals surface area contributed by atoms with Crippen molar-refractivity contribution in [3.63, 3.8) is 0 Å². The first-order valence-corrected chi connectivity index (χ1v) is 7.35. The number of ether oxygens (including phenoxy) is 1. The summed E-state index contributed by atoms with van der Waals surface area (Å²) in [5.41, 5.74) is -1.81. The van der Waals surface area contributed by atoms with Crippen molar-refractivity contribution >= 4 is 35.2 Å². The van der Waals surface area contributed by atoms with E-state index in [2.05, 4.69) is 11.9 Å². The molecule has 25 heavy (non-hydrogen) atoms. The molecule has 0 unspecified atom stereocenters. The molecule has 0 spiro atoms. The second-order valence-electron chi connectivity index (χ2n) is 4.97. The number of carbonyl (C=O) groups is 2. The van der Waals surface area contributed by atoms with Crippen LogP contribution in [-0.2, 0) is 15.8 Å². The summed E-state index contributed by atoms with van der Waals surface area (Å²) in [7, 11) is 1.24. The van der Waals surface area contributed by atoms with Crippen LogP contribution in [0.25, 0.3) is 6.08 Å². The minimum absolute atomic E-state index is 0.00311. The van der Waals surface area contributed by atoms with Crippen molar-refractivity contribution in [2.24, 2.45) is 0 Å². The Balaban J connectivity index is 2.55. The normalized spacial score (nSPS) is 16.9. The number of hydrogen-bond donors (Lipinski definition) is 1. The van der Waals surface area contributed by atoms with Gasteiger partial charge in [0.1, 0.15) is 11.3 Å². The van der Waals surface area contributed by atoms with Gasteiger partial charge in [0.25, 0.3) is 11.8 Å². The van der Waals surface area contributed by atoms with Crippen LogP contribution in [0.5, 0.6) is 5.75 Å². The minimum atomic E-state index is -4.69. The van der Waals surface area contributed by atoms with Gasteiger partial charge in [-0.1, -0.05) is 12.1 Å². The van der Waals surface area contributed by atoms with E-state index in [0.717, 1.165) is 23.1 Å². The fourth-order valence-electron chi connectivity index (χ4n) is 2.18. The van der Waals surface area contributed by atoms with E-state index in [1.165, 1.54) is 19.3 Å². The van der Waals surface area contributed by atoms with Gasteiger partial charge in [-0.25, -0.2) is 0 Å². The van der Waals surface area contributed by atoms with Crippen molar-refractivity contribution < 1.29 is 27.5 Å². The summed E-state index contributed by atoms with van der Waals surface area (Å²) in [4.78, 5) is 25.4. The van der Waals surface area contributed by atoms with E-state index in [1.807, 2.05) is 0 Å². The molecule has 2 rings (SSSR count). The van der Waals surface area contributed by atoms with Crippen molar-refractivity contribution in [2.45, 2.75) is 6.18 Å². The number of methoxy groups -OCH3 is 1. The molecule has 9 heteroatoms. The first-order chi connectivity index (χ1) is 11.7. The number of hydrogen-bond acceptors (Lipinski definition) is 4. The number of rotatable bonds is 4. The summed E-state index contributed by atoms with van der Waals surface area (Å²) in [6.07, 6.45) is -2.42. The molecule has 0 aliphatic carbocycles. The molecule has 0 radical (unpaired) electrons. The fourth-order valence-corrected chi connectivity index (χ4v) is 2.43. The van der Waals surface area contributed by atoms with Crippen molar-refractivity contribution in [3.05, 3.63) is 47.6 Å². The molecule has 1 N–H and O–H groups in total. The van der Waals surface area contributed by atoms with Gasteiger partial charge in [0.05, 0.1) is 12.7 Å². The zero-order valence-electron chi connectivity index (χ0n) is 13.0. The summed E-state index contributed by atoms with van der Waals surface area (Å²) in [5.74, 6) is -1.65. The van der Waals surface area contributed by atoms with E-state index in [4.69, 9.17) is 17.0 Å². The largest absolute Gasteiger partial charge is 0.497 e. The summed E-state index contributed by atoms with van der Waals surface area (Å²) < 4.78 is 44.6. The van der Waals surface area contributed by atoms with Gasteiger partial charge in [0, 0.05) is 6.54 Å². The maximum Gasteiger partial charge on any atom is 0.417 e. The van der Waals surface area contributed by atoms with Gasteiger partial charge < -0.3 is 4.74 Å². The molecule has 1 fully saturated rings. The highest BCUT2D eigenvalue weighted by atomic mass is 32.1. The lowest BCUT2D eigenvalue weighted by molar-refractivity contribution is -0.138. The molecule has 0 atom stereocenters. The fraction of sp³-hybridized carbons (Fsp3) is 0.188. The molecular weight excluding hydrogens is 357 g/mol. The first-order valence-electron chi connectivity index (χ1n) is 6.94. The van der Waals surface area contributed by atoms with Crippen LogP contribution in [-0.4, -0.2) is 35.5 Å². The SMILES string of the molecule is C=CCN1C(=O)C(=Cc2ccc(OC)cc2C(F)(F)F)C(=O)NC1=S. The van der Waals surface area contributed by atoms with Crippen LogP contribution in [0, 0.1) is 0 Å². The molecule has 132 valence electrons. The third-order valence-electron chi connectivity index (χ3n) is 3.36. The zero-order valence-corrected chi connectivity index (χ0v) is 13.8. The van der Waals surface area contributed by atoms with Crippen molar-refractivity contribution in [1.82, 2.24) is 10.2 Å². The van der Waals surface area contributed by atoms with E-state index in [-0.39, 0.29) is 23.0 Å². The van der Waals surface area contributed by atoms with Crippen LogP contribution >= 0.6 is 12.2 Å². The Morgan fingerprint density at radius 3 is 2.60 bits per heavy atom. The lowest BCUT2D eigenvalue weighted by Crippen LogP contribution is -2.53. The van der Waals surface area contributed by atoms with Crippen LogP contribution in [0.1, 0.15) is 11.1 Å². The Bertz CT molecular complexity index is 787. The van der Waals surface area contributed by atoms with Gasteiger partial charge in [0.15, 0.2) is 5.11 Å². The number of benzene rings is 1. The Morgan fingerprint density at radius 1 is 1.36 bits per heavy atom. The van der Waals surface area contributed by atoms with Crippen LogP contribution in [0.3, 0.4) is 0 Å². The van der Waals surface area contributed by atoms with Crippen molar-refractivity contribution in [1.29, 1.82) is 0 Å². The molecule has 0 aromatic heterocycles. The molecule has 1 heterocycles. The quantitative estimate of drug-likeness (QED) is 0.383. The van der Waals surface area contributed by atoms with Crippen molar-refractivity contribution in [2.75, 3.05) is 13.7 Å². The van der Waals surface area contributed by atoms with Gasteiger partial charge in [-0.05, 0) is 36.0 Å². The maximum atomic E-state index is 13.3. The molecule has 1 aromatic rings. The van der Waals surface area contributed by atoms with Crippen LogP contribution in [0.4, 0.5) is 13.2 Å². The average Bonchev–Trinajstić information content (AvgIpc) is 2.54. The third-order valence-corrected chi connectivity index (χ3v) is 3.69. The summed E-state index contributed by atoms with van der Waals surface area (Å²) >= 11 is 4.88. The number of alkyl halides is 3. The van der Waals surface area contributed by atoms with Crippen LogP contribution in [0.2, 0.25) is 0 Å². The average molecular weight is 370 g/mol. The maximum absolute atomic E-state index is 13.3. The minimum Gasteiger partial charge on any atom is -0.497 e. The second-order valence-corrected chi connectivity index (χ2v) is 5.36. The van der Waals surface area contributed by atoms with Gasteiger partial charge in [-0.3, -0.25) is 19.8 Å². The highest BCUT2D eigenvalue weighted by Crippen LogP contribution is 2.35. The number of halogens is 3. The first kappa shape index (κ1) is 18.7. The van der Waals surface area contributed by atoms with E-state index in [9.17, 15) is 22.8 Å². The smallest absolute Gasteiger partial charge is 0.417 e. The molecule has 1 aliphatic rings. The topological polar surface area (TPSA) is 58.6 Å². The Morgan fingerprint density at radius 2 is 2.04 bits per heavy atom. The van der Waals surface area contributed by atoms with Crippen LogP contribution in [0.15, 0.2) is 36.4 Å². The van der Waals surface area contributed by atoms with Crippen molar-refractivity contribution in [3.8, 4) is 5.75 Å². The second kappa shape index (κ2) is 7.06. The summed E-state index contributed by atoms with van der Waals surface area (Å²) in [6, 6.07) is 3.22. The van der Waals surface area contributed by atoms with E-state index >= 15 is 0 Å². The summed E-state index contributed by atoms with van der Waals surface area (Å²) in [5, 5.41) is 2.14. The highest BCUT2D eigenvalue weighted by molar-refractivity contribution is 7.80. The Labute approximate surface area is 146 Å². The predicted molar refractivity (Wildman–Crippen MR) is 88.6 cm³/mol. The van der Waals surface area contributed by atoms with Gasteiger partial charge in [-0.15, -0.1) is 6.58 Å². The summed E-state index contributed by atoms with van der Waals surface area (Å²) in [6.45, 7) is 3.49. The molecular formula is C16H13F3N2O3S. The standard InChI is InChI=1S/C16H13F3N2O3S/c1-3-6-21-14(23)11(13(22)20-15(21)25)7-9-4-5-10(24-2)8-12(9)16(17,18)19/h3-5,7-8H,1,6H2,2H3,(H,20,22,25). The number of nitrogens with zero attached hydrogens (tertiary/aromatic N) is 1. The molecule has 1 aromatic carbocycles. The lowest BCUT2D eigenvalue weighted by atomic mass is 10.0. The van der Waals surface area contributed by atoms with Gasteiger partial charge >= 0.3 is 6.18 Å². The Kier molecular flexibility index (Phi) is 5.27. The van der Waals surface area contributed by atoms with E-state index in [1.54, 1.807) is 0 Å². The van der Waals surface area contributed by atoms with E-state index < -0.39 is 29.1 Å². The third kappa shape index (κ3) is 3.87. The predicted octanol–water partition coefficient (Wildman–Crippen LogP) is 2.53. The number of thiocarbonyl (C=S) groups is 1. The molecule has 5 nitrogen and oxygen atoms in total. The molecule has 1 saturated heterocycles. The van der Waals surface area contributed by atoms with Crippen LogP contribution < -0.4 is 10.1 Å². The van der Waals surface area contributed by atoms with E-state index in [0.29, 0.717) is 0 Å². The highest BCUT2D eigenvalue weighted by Gasteiger charge is 2.36. The lowest BCUT2D eigenvalue weighted by Gasteiger charge is -2.28. The monoisotopic (exact) mass is 370 g/mol. The molecule has 0 saturated carbocycles. The number of carbonyl (C=O) groups excluding carboxylic acids is 2. The number of nitrogens with one attached hydrogen (secondary N) is 1. The van der Waals surface area contributed by atoms with Gasteiger partial charge in [-0.2, -0.15) is 13.2 Å². The number of amides is 2. The molecule has 0 bridgehead atoms. The van der Waals surface area contributed by atoms with Gasteiger partial charge in [0.2, 0.25) is 0 Å². The molecule has 2 amide bonds. The molecule has 1 aliphatic heterocycles. The zero-order chi connectivity index (χ0) is 18.8.